The van der Waals surface area contributed by atoms with E-state index in [1.165, 1.54) is 6.92 Å². The summed E-state index contributed by atoms with van der Waals surface area (Å²) in [4.78, 5) is 10.9. The van der Waals surface area contributed by atoms with Gasteiger partial charge in [-0.2, -0.15) is 0 Å². The van der Waals surface area contributed by atoms with Gasteiger partial charge < -0.3 is 10.6 Å². The fraction of sp³-hybridized carbons (Fsp3) is 0.533. The summed E-state index contributed by atoms with van der Waals surface area (Å²) >= 11 is 0. The SMILES string of the molecule is CC(=O)Nc1ccc(NCC2CCC(F)(F)CC2)cc1. The van der Waals surface area contributed by atoms with Crippen molar-refractivity contribution < 1.29 is 13.6 Å². The average Bonchev–Trinajstić information content (AvgIpc) is 2.38. The molecular weight excluding hydrogens is 262 g/mol. The number of amides is 1. The number of carbonyl (C=O) groups is 1. The first kappa shape index (κ1) is 14.8. The van der Waals surface area contributed by atoms with Gasteiger partial charge in [0.15, 0.2) is 0 Å². The molecule has 1 saturated carbocycles. The molecule has 20 heavy (non-hydrogen) atoms. The fourth-order valence-electron chi connectivity index (χ4n) is 2.44. The first-order chi connectivity index (χ1) is 9.44. The lowest BCUT2D eigenvalue weighted by atomic mass is 9.87. The number of nitrogens with one attached hydrogen (secondary N) is 2. The Morgan fingerprint density at radius 3 is 2.30 bits per heavy atom. The van der Waals surface area contributed by atoms with Crippen LogP contribution in [0.1, 0.15) is 32.6 Å². The van der Waals surface area contributed by atoms with Crippen molar-refractivity contribution in [2.45, 2.75) is 38.5 Å². The van der Waals surface area contributed by atoms with Crippen LogP contribution in [-0.2, 0) is 4.79 Å². The molecule has 1 aromatic carbocycles. The zero-order chi connectivity index (χ0) is 14.6. The Hall–Kier alpha value is -1.65. The molecule has 1 amide bonds. The number of hydrogen-bond donors (Lipinski definition) is 2. The summed E-state index contributed by atoms with van der Waals surface area (Å²) < 4.78 is 26.1. The van der Waals surface area contributed by atoms with Crippen molar-refractivity contribution in [3.05, 3.63) is 24.3 Å². The van der Waals surface area contributed by atoms with Crippen molar-refractivity contribution in [3.8, 4) is 0 Å². The van der Waals surface area contributed by atoms with E-state index in [2.05, 4.69) is 10.6 Å². The topological polar surface area (TPSA) is 41.1 Å². The quantitative estimate of drug-likeness (QED) is 0.880. The van der Waals surface area contributed by atoms with Crippen molar-refractivity contribution in [1.82, 2.24) is 0 Å². The zero-order valence-electron chi connectivity index (χ0n) is 11.6. The highest BCUT2D eigenvalue weighted by Gasteiger charge is 2.34. The summed E-state index contributed by atoms with van der Waals surface area (Å²) in [5, 5.41) is 5.96. The molecular formula is C15H20F2N2O. The van der Waals surface area contributed by atoms with Gasteiger partial charge in [-0.1, -0.05) is 0 Å². The summed E-state index contributed by atoms with van der Waals surface area (Å²) in [7, 11) is 0. The third kappa shape index (κ3) is 4.47. The zero-order valence-corrected chi connectivity index (χ0v) is 11.6. The van der Waals surface area contributed by atoms with Crippen LogP contribution in [0.5, 0.6) is 0 Å². The number of halogens is 2. The predicted molar refractivity (Wildman–Crippen MR) is 76.1 cm³/mol. The van der Waals surface area contributed by atoms with Crippen molar-refractivity contribution in [2.24, 2.45) is 5.92 Å². The Morgan fingerprint density at radius 2 is 1.75 bits per heavy atom. The Kier molecular flexibility index (Phi) is 4.57. The van der Waals surface area contributed by atoms with Gasteiger partial charge in [-0.05, 0) is 43.0 Å². The maximum Gasteiger partial charge on any atom is 0.248 e. The van der Waals surface area contributed by atoms with Crippen LogP contribution in [0.25, 0.3) is 0 Å². The molecule has 0 radical (unpaired) electrons. The van der Waals surface area contributed by atoms with E-state index < -0.39 is 5.92 Å². The largest absolute Gasteiger partial charge is 0.385 e. The predicted octanol–water partition coefficient (Wildman–Crippen LogP) is 3.88. The summed E-state index contributed by atoms with van der Waals surface area (Å²) in [6.45, 7) is 2.18. The van der Waals surface area contributed by atoms with E-state index in [0.717, 1.165) is 17.9 Å². The molecule has 0 aliphatic heterocycles. The molecule has 0 bridgehead atoms. The number of hydrogen-bond acceptors (Lipinski definition) is 2. The lowest BCUT2D eigenvalue weighted by Gasteiger charge is -2.28. The van der Waals surface area contributed by atoms with E-state index in [4.69, 9.17) is 0 Å². The maximum absolute atomic E-state index is 13.0. The third-order valence-electron chi connectivity index (χ3n) is 3.64. The smallest absolute Gasteiger partial charge is 0.248 e. The molecule has 1 aromatic rings. The van der Waals surface area contributed by atoms with E-state index in [0.29, 0.717) is 18.8 Å². The fourth-order valence-corrected chi connectivity index (χ4v) is 2.44. The van der Waals surface area contributed by atoms with Gasteiger partial charge in [0, 0.05) is 37.7 Å². The Balaban J connectivity index is 1.78. The summed E-state index contributed by atoms with van der Waals surface area (Å²) in [6, 6.07) is 7.39. The highest BCUT2D eigenvalue weighted by atomic mass is 19.3. The van der Waals surface area contributed by atoms with E-state index in [1.807, 2.05) is 24.3 Å². The lowest BCUT2D eigenvalue weighted by molar-refractivity contribution is -0.114. The minimum absolute atomic E-state index is 0.000810. The van der Waals surface area contributed by atoms with Gasteiger partial charge in [-0.25, -0.2) is 8.78 Å². The molecule has 0 unspecified atom stereocenters. The van der Waals surface area contributed by atoms with Gasteiger partial charge >= 0.3 is 0 Å². The van der Waals surface area contributed by atoms with Gasteiger partial charge in [0.05, 0.1) is 0 Å². The van der Waals surface area contributed by atoms with Crippen LogP contribution >= 0.6 is 0 Å². The van der Waals surface area contributed by atoms with Crippen LogP contribution in [0.2, 0.25) is 0 Å². The van der Waals surface area contributed by atoms with E-state index in [1.54, 1.807) is 0 Å². The second kappa shape index (κ2) is 6.20. The number of anilines is 2. The van der Waals surface area contributed by atoms with Crippen molar-refractivity contribution >= 4 is 17.3 Å². The molecule has 1 aliphatic rings. The van der Waals surface area contributed by atoms with E-state index in [-0.39, 0.29) is 18.7 Å². The Bertz CT molecular complexity index is 449. The van der Waals surface area contributed by atoms with Gasteiger partial charge in [0.1, 0.15) is 0 Å². The minimum atomic E-state index is -2.46. The normalized spacial score (nSPS) is 18.6. The molecule has 0 saturated heterocycles. The molecule has 2 N–H and O–H groups in total. The first-order valence-corrected chi connectivity index (χ1v) is 6.94. The highest BCUT2D eigenvalue weighted by molar-refractivity contribution is 5.88. The highest BCUT2D eigenvalue weighted by Crippen LogP contribution is 2.36. The molecule has 2 rings (SSSR count). The first-order valence-electron chi connectivity index (χ1n) is 6.94. The van der Waals surface area contributed by atoms with Crippen molar-refractivity contribution in [1.29, 1.82) is 0 Å². The van der Waals surface area contributed by atoms with Gasteiger partial charge in [-0.15, -0.1) is 0 Å². The van der Waals surface area contributed by atoms with Crippen LogP contribution < -0.4 is 10.6 Å². The average molecular weight is 282 g/mol. The Labute approximate surface area is 117 Å². The van der Waals surface area contributed by atoms with Crippen LogP contribution in [-0.4, -0.2) is 18.4 Å². The van der Waals surface area contributed by atoms with Crippen molar-refractivity contribution in [3.63, 3.8) is 0 Å². The third-order valence-corrected chi connectivity index (χ3v) is 3.64. The summed E-state index contributed by atoms with van der Waals surface area (Å²) in [6.07, 6.45) is 1.15. The molecule has 0 atom stereocenters. The van der Waals surface area contributed by atoms with Crippen LogP contribution in [0.15, 0.2) is 24.3 Å². The molecule has 1 fully saturated rings. The number of benzene rings is 1. The summed E-state index contributed by atoms with van der Waals surface area (Å²) in [5.74, 6) is -2.25. The van der Waals surface area contributed by atoms with E-state index in [9.17, 15) is 13.6 Å². The molecule has 0 spiro atoms. The minimum Gasteiger partial charge on any atom is -0.385 e. The molecule has 0 heterocycles. The molecule has 0 aromatic heterocycles. The van der Waals surface area contributed by atoms with Crippen molar-refractivity contribution in [2.75, 3.05) is 17.2 Å². The Morgan fingerprint density at radius 1 is 1.20 bits per heavy atom. The van der Waals surface area contributed by atoms with Crippen LogP contribution in [0.3, 0.4) is 0 Å². The maximum atomic E-state index is 13.0. The standard InChI is InChI=1S/C15H20F2N2O/c1-11(20)19-14-4-2-13(3-5-14)18-10-12-6-8-15(16,17)9-7-12/h2-5,12,18H,6-10H2,1H3,(H,19,20). The van der Waals surface area contributed by atoms with Gasteiger partial charge in [0.25, 0.3) is 0 Å². The number of carbonyl (C=O) groups excluding carboxylic acids is 1. The molecule has 3 nitrogen and oxygen atoms in total. The molecule has 1 aliphatic carbocycles. The monoisotopic (exact) mass is 282 g/mol. The van der Waals surface area contributed by atoms with Gasteiger partial charge in [0.2, 0.25) is 11.8 Å². The second-order valence-corrected chi connectivity index (χ2v) is 5.44. The second-order valence-electron chi connectivity index (χ2n) is 5.44. The van der Waals surface area contributed by atoms with E-state index >= 15 is 0 Å². The molecule has 5 heteroatoms. The number of rotatable bonds is 4. The summed E-state index contributed by atoms with van der Waals surface area (Å²) in [5.41, 5.74) is 1.69. The van der Waals surface area contributed by atoms with Crippen LogP contribution in [0.4, 0.5) is 20.2 Å². The lowest BCUT2D eigenvalue weighted by Crippen LogP contribution is -2.28. The van der Waals surface area contributed by atoms with Crippen LogP contribution in [0, 0.1) is 5.92 Å². The van der Waals surface area contributed by atoms with Gasteiger partial charge in [-0.3, -0.25) is 4.79 Å². The molecule has 110 valence electrons. The number of alkyl halides is 2.